The number of hydrogen-bond acceptors (Lipinski definition) is 5. The van der Waals surface area contributed by atoms with E-state index >= 15 is 0 Å². The van der Waals surface area contributed by atoms with Gasteiger partial charge >= 0.3 is 6.09 Å². The minimum atomic E-state index is -0.495. The zero-order chi connectivity index (χ0) is 26.3. The number of rotatable bonds is 3. The maximum Gasteiger partial charge on any atom is 0.410 e. The molecule has 6 rings (SSSR count). The minimum absolute atomic E-state index is 0.206. The summed E-state index contributed by atoms with van der Waals surface area (Å²) < 4.78 is 5.74. The summed E-state index contributed by atoms with van der Waals surface area (Å²) in [6.45, 7) is 8.29. The average molecular weight is 526 g/mol. The van der Waals surface area contributed by atoms with Crippen LogP contribution in [0, 0.1) is 0 Å². The molecule has 5 nitrogen and oxygen atoms in total. The van der Waals surface area contributed by atoms with Crippen LogP contribution < -0.4 is 4.90 Å². The number of carbonyl (C=O) groups excluding carboxylic acids is 1. The predicted molar refractivity (Wildman–Crippen MR) is 156 cm³/mol. The second-order valence-electron chi connectivity index (χ2n) is 11.4. The van der Waals surface area contributed by atoms with E-state index in [0.29, 0.717) is 12.6 Å². The lowest BCUT2D eigenvalue weighted by Gasteiger charge is -2.39. The van der Waals surface area contributed by atoms with Crippen molar-refractivity contribution < 1.29 is 9.53 Å². The van der Waals surface area contributed by atoms with Gasteiger partial charge in [-0.1, -0.05) is 60.7 Å². The number of ether oxygens (including phenoxy) is 1. The van der Waals surface area contributed by atoms with Crippen LogP contribution in [0.1, 0.15) is 56.2 Å². The lowest BCUT2D eigenvalue weighted by atomic mass is 9.89. The van der Waals surface area contributed by atoms with E-state index in [1.807, 2.05) is 49.6 Å². The van der Waals surface area contributed by atoms with Gasteiger partial charge in [0.15, 0.2) is 0 Å². The zero-order valence-electron chi connectivity index (χ0n) is 22.4. The van der Waals surface area contributed by atoms with Gasteiger partial charge in [-0.15, -0.1) is 11.8 Å². The van der Waals surface area contributed by atoms with Crippen molar-refractivity contribution in [3.8, 4) is 0 Å². The first-order chi connectivity index (χ1) is 18.4. The van der Waals surface area contributed by atoms with E-state index in [2.05, 4.69) is 65.6 Å². The number of hydrogen-bond donors (Lipinski definition) is 0. The summed E-state index contributed by atoms with van der Waals surface area (Å²) in [5, 5.41) is 0. The highest BCUT2D eigenvalue weighted by Crippen LogP contribution is 2.52. The number of amides is 1. The molecule has 0 radical (unpaired) electrons. The van der Waals surface area contributed by atoms with Crippen LogP contribution in [0.4, 0.5) is 16.2 Å². The average Bonchev–Trinajstić information content (AvgIpc) is 3.06. The maximum atomic E-state index is 13.0. The van der Waals surface area contributed by atoms with Crippen molar-refractivity contribution in [1.29, 1.82) is 0 Å². The fraction of sp³-hybridized carbons (Fsp3) is 0.375. The molecule has 3 aromatic carbocycles. The highest BCUT2D eigenvalue weighted by molar-refractivity contribution is 7.99. The van der Waals surface area contributed by atoms with Crippen molar-refractivity contribution in [3.63, 3.8) is 0 Å². The van der Waals surface area contributed by atoms with Crippen LogP contribution in [-0.4, -0.2) is 53.7 Å². The predicted octanol–water partition coefficient (Wildman–Crippen LogP) is 7.26. The first-order valence-corrected chi connectivity index (χ1v) is 14.6. The Labute approximate surface area is 229 Å². The van der Waals surface area contributed by atoms with Crippen LogP contribution in [0.25, 0.3) is 0 Å². The van der Waals surface area contributed by atoms with E-state index in [0.717, 1.165) is 54.2 Å². The first-order valence-electron chi connectivity index (χ1n) is 13.6. The van der Waals surface area contributed by atoms with Crippen LogP contribution in [0.2, 0.25) is 0 Å². The van der Waals surface area contributed by atoms with Gasteiger partial charge in [-0.3, -0.25) is 0 Å². The molecule has 2 unspecified atom stereocenters. The summed E-state index contributed by atoms with van der Waals surface area (Å²) in [4.78, 5) is 24.1. The van der Waals surface area contributed by atoms with Gasteiger partial charge in [0.2, 0.25) is 0 Å². The van der Waals surface area contributed by atoms with Crippen molar-refractivity contribution in [2.45, 2.75) is 56.1 Å². The Morgan fingerprint density at radius 1 is 0.974 bits per heavy atom. The molecule has 0 bridgehead atoms. The standard InChI is InChI=1S/C32H35N3O2S/c1-32(2,3)37-31(36)34-17-15-27-26(21-34)25-19-24(20-28-30(25)35(27)16-10-18-38-28)33-29(22-11-6-4-7-12-22)23-13-8-5-9-14-23/h4-9,11-14,19-20,26-27H,10,15-18,21H2,1-3H3. The van der Waals surface area contributed by atoms with E-state index < -0.39 is 5.60 Å². The van der Waals surface area contributed by atoms with Gasteiger partial charge in [0.1, 0.15) is 5.60 Å². The molecule has 3 heterocycles. The van der Waals surface area contributed by atoms with E-state index in [-0.39, 0.29) is 12.0 Å². The second-order valence-corrected chi connectivity index (χ2v) is 12.5. The maximum absolute atomic E-state index is 13.0. The Morgan fingerprint density at radius 3 is 2.32 bits per heavy atom. The third-order valence-corrected chi connectivity index (χ3v) is 8.66. The van der Waals surface area contributed by atoms with E-state index in [9.17, 15) is 4.79 Å². The van der Waals surface area contributed by atoms with Crippen LogP contribution >= 0.6 is 11.8 Å². The lowest BCUT2D eigenvalue weighted by Crippen LogP contribution is -2.49. The van der Waals surface area contributed by atoms with Gasteiger partial charge in [-0.2, -0.15) is 0 Å². The summed E-state index contributed by atoms with van der Waals surface area (Å²) in [6.07, 6.45) is 1.92. The summed E-state index contributed by atoms with van der Waals surface area (Å²) in [6, 6.07) is 25.8. The smallest absolute Gasteiger partial charge is 0.410 e. The summed E-state index contributed by atoms with van der Waals surface area (Å²) in [5.74, 6) is 1.37. The van der Waals surface area contributed by atoms with Crippen molar-refractivity contribution in [1.82, 2.24) is 4.90 Å². The number of anilines is 1. The summed E-state index contributed by atoms with van der Waals surface area (Å²) in [7, 11) is 0. The zero-order valence-corrected chi connectivity index (χ0v) is 23.2. The number of aliphatic imine (C=N–C) groups is 1. The van der Waals surface area contributed by atoms with Crippen molar-refractivity contribution in [2.75, 3.05) is 30.3 Å². The monoisotopic (exact) mass is 525 g/mol. The fourth-order valence-electron chi connectivity index (χ4n) is 5.97. The van der Waals surface area contributed by atoms with Crippen LogP contribution in [-0.2, 0) is 4.74 Å². The van der Waals surface area contributed by atoms with E-state index in [4.69, 9.17) is 9.73 Å². The van der Waals surface area contributed by atoms with Gasteiger partial charge in [-0.25, -0.2) is 9.79 Å². The number of likely N-dealkylation sites (tertiary alicyclic amines) is 1. The van der Waals surface area contributed by atoms with Crippen molar-refractivity contribution >= 4 is 34.9 Å². The molecule has 0 saturated carbocycles. The number of carbonyl (C=O) groups is 1. The highest BCUT2D eigenvalue weighted by atomic mass is 32.2. The molecule has 0 aliphatic carbocycles. The summed E-state index contributed by atoms with van der Waals surface area (Å²) >= 11 is 1.94. The summed E-state index contributed by atoms with van der Waals surface area (Å²) in [5.41, 5.74) is 6.36. The minimum Gasteiger partial charge on any atom is -0.444 e. The molecule has 3 aromatic rings. The number of thioether (sulfide) groups is 1. The Hall–Kier alpha value is -3.25. The molecule has 3 aliphatic heterocycles. The van der Waals surface area contributed by atoms with Gasteiger partial charge in [0, 0.05) is 47.6 Å². The molecule has 0 N–H and O–H groups in total. The third kappa shape index (κ3) is 4.94. The topological polar surface area (TPSA) is 45.1 Å². The van der Waals surface area contributed by atoms with Crippen LogP contribution in [0.3, 0.4) is 0 Å². The molecule has 0 aromatic heterocycles. The van der Waals surface area contributed by atoms with Crippen molar-refractivity contribution in [2.24, 2.45) is 4.99 Å². The highest BCUT2D eigenvalue weighted by Gasteiger charge is 2.45. The molecular weight excluding hydrogens is 490 g/mol. The Morgan fingerprint density at radius 2 is 1.66 bits per heavy atom. The van der Waals surface area contributed by atoms with Gasteiger partial charge in [-0.05, 0) is 57.1 Å². The molecule has 38 heavy (non-hydrogen) atoms. The number of benzene rings is 3. The Kier molecular flexibility index (Phi) is 6.68. The van der Waals surface area contributed by atoms with E-state index in [1.54, 1.807) is 0 Å². The van der Waals surface area contributed by atoms with E-state index in [1.165, 1.54) is 16.1 Å². The molecule has 2 atom stereocenters. The van der Waals surface area contributed by atoms with Gasteiger partial charge < -0.3 is 14.5 Å². The molecule has 1 saturated heterocycles. The van der Waals surface area contributed by atoms with Gasteiger partial charge in [0.25, 0.3) is 0 Å². The second kappa shape index (κ2) is 10.1. The molecular formula is C32H35N3O2S. The molecule has 1 amide bonds. The lowest BCUT2D eigenvalue weighted by molar-refractivity contribution is 0.0189. The van der Waals surface area contributed by atoms with Crippen LogP contribution in [0.15, 0.2) is 82.7 Å². The third-order valence-electron chi connectivity index (χ3n) is 7.54. The number of nitrogens with zero attached hydrogens (tertiary/aromatic N) is 3. The molecule has 196 valence electrons. The van der Waals surface area contributed by atoms with Crippen molar-refractivity contribution in [3.05, 3.63) is 89.5 Å². The fourth-order valence-corrected chi connectivity index (χ4v) is 7.04. The largest absolute Gasteiger partial charge is 0.444 e. The Balaban J connectivity index is 1.42. The SMILES string of the molecule is CC(C)(C)OC(=O)N1CCC2C(C1)c1cc(N=C(c3ccccc3)c3ccccc3)cc3c1N2CCCS3. The first kappa shape index (κ1) is 25.1. The Bertz CT molecular complexity index is 1310. The number of piperidine rings is 1. The molecule has 1 fully saturated rings. The molecule has 6 heteroatoms. The van der Waals surface area contributed by atoms with Crippen LogP contribution in [0.5, 0.6) is 0 Å². The number of fused-ring (bicyclic) bond motifs is 3. The van der Waals surface area contributed by atoms with Gasteiger partial charge in [0.05, 0.1) is 17.1 Å². The quantitative estimate of drug-likeness (QED) is 0.338. The molecule has 0 spiro atoms. The normalized spacial score (nSPS) is 20.3. The molecule has 3 aliphatic rings.